The second-order valence-corrected chi connectivity index (χ2v) is 20.2. The van der Waals surface area contributed by atoms with Crippen molar-refractivity contribution in [3.63, 3.8) is 0 Å². The standard InChI is InChI=1S/C70H114O6/c1-4-7-10-13-16-19-22-25-28-31-33-34-35-36-38-39-42-45-48-51-54-57-60-63-69(72)75-66-67(65-74-68(71)62-59-56-53-50-47-44-41-30-27-24-21-18-15-12-9-6-3)76-70(73)64-61-58-55-52-49-46-43-40-37-32-29-26-23-20-17-14-11-8-5-2/h7-8,10-11,16-17,19-21,24-26,28-30,33-34,37,40-41,46,49,67H,4-6,9,12-15,18,22-23,27,31-32,35-36,38-39,42-45,47-48,50-66H2,1-3H3/b10-7-,11-8-,19-16-,20-17-,24-21-,28-25-,29-26-,34-33-,40-37-,41-30-,49-46-. The Morgan fingerprint density at radius 1 is 0.276 bits per heavy atom. The number of unbranched alkanes of at least 4 members (excludes halogenated alkanes) is 22. The molecule has 0 rings (SSSR count). The minimum absolute atomic E-state index is 0.102. The number of hydrogen-bond donors (Lipinski definition) is 0. The van der Waals surface area contributed by atoms with Gasteiger partial charge in [-0.05, 0) is 135 Å². The molecule has 0 amide bonds. The van der Waals surface area contributed by atoms with Gasteiger partial charge in [-0.3, -0.25) is 14.4 Å². The molecular weight excluding hydrogens is 937 g/mol. The third-order valence-corrected chi connectivity index (χ3v) is 12.9. The van der Waals surface area contributed by atoms with Crippen molar-refractivity contribution >= 4 is 17.9 Å². The molecule has 1 atom stereocenters. The fraction of sp³-hybridized carbons (Fsp3) is 0.643. The largest absolute Gasteiger partial charge is 0.462 e. The molecule has 6 heteroatoms. The highest BCUT2D eigenvalue weighted by molar-refractivity contribution is 5.71. The fourth-order valence-electron chi connectivity index (χ4n) is 8.25. The molecule has 0 aromatic carbocycles. The topological polar surface area (TPSA) is 78.9 Å². The summed E-state index contributed by atoms with van der Waals surface area (Å²) in [6.07, 6.45) is 88.7. The summed E-state index contributed by atoms with van der Waals surface area (Å²) in [4.78, 5) is 38.3. The third-order valence-electron chi connectivity index (χ3n) is 12.9. The van der Waals surface area contributed by atoms with E-state index in [1.165, 1.54) is 83.5 Å². The molecule has 6 nitrogen and oxygen atoms in total. The first-order chi connectivity index (χ1) is 37.5. The Labute approximate surface area is 468 Å². The minimum atomic E-state index is -0.809. The van der Waals surface area contributed by atoms with Crippen LogP contribution >= 0.6 is 0 Å². The van der Waals surface area contributed by atoms with Crippen molar-refractivity contribution in [3.8, 4) is 0 Å². The van der Waals surface area contributed by atoms with Gasteiger partial charge in [0.1, 0.15) is 13.2 Å². The first-order valence-electron chi connectivity index (χ1n) is 31.2. The average molecular weight is 1050 g/mol. The van der Waals surface area contributed by atoms with Crippen LogP contribution < -0.4 is 0 Å². The van der Waals surface area contributed by atoms with Gasteiger partial charge in [0.05, 0.1) is 0 Å². The smallest absolute Gasteiger partial charge is 0.306 e. The van der Waals surface area contributed by atoms with Crippen molar-refractivity contribution in [2.24, 2.45) is 0 Å². The Morgan fingerprint density at radius 2 is 0.513 bits per heavy atom. The number of esters is 3. The summed E-state index contributed by atoms with van der Waals surface area (Å²) >= 11 is 0. The van der Waals surface area contributed by atoms with Crippen molar-refractivity contribution < 1.29 is 28.6 Å². The number of rotatable bonds is 55. The summed E-state index contributed by atoms with van der Waals surface area (Å²) in [5, 5.41) is 0. The van der Waals surface area contributed by atoms with E-state index in [0.29, 0.717) is 12.8 Å². The Bertz CT molecular complexity index is 1630. The number of carbonyl (C=O) groups is 3. The Balaban J connectivity index is 4.47. The van der Waals surface area contributed by atoms with Gasteiger partial charge in [0.15, 0.2) is 6.10 Å². The van der Waals surface area contributed by atoms with Gasteiger partial charge in [-0.2, -0.15) is 0 Å². The lowest BCUT2D eigenvalue weighted by molar-refractivity contribution is -0.167. The highest BCUT2D eigenvalue weighted by atomic mass is 16.6. The minimum Gasteiger partial charge on any atom is -0.462 e. The van der Waals surface area contributed by atoms with Gasteiger partial charge >= 0.3 is 17.9 Å². The quantitative estimate of drug-likeness (QED) is 0.0261. The maximum absolute atomic E-state index is 12.9. The van der Waals surface area contributed by atoms with Gasteiger partial charge in [-0.1, -0.05) is 251 Å². The molecule has 0 aromatic rings. The van der Waals surface area contributed by atoms with Crippen LogP contribution in [0.5, 0.6) is 0 Å². The molecule has 0 N–H and O–H groups in total. The van der Waals surface area contributed by atoms with Crippen molar-refractivity contribution in [3.05, 3.63) is 134 Å². The number of ether oxygens (including phenoxy) is 3. The molecule has 0 heterocycles. The average Bonchev–Trinajstić information content (AvgIpc) is 3.42. The van der Waals surface area contributed by atoms with Crippen molar-refractivity contribution in [2.45, 2.75) is 277 Å². The molecule has 0 aliphatic carbocycles. The van der Waals surface area contributed by atoms with Crippen LogP contribution in [0.3, 0.4) is 0 Å². The highest BCUT2D eigenvalue weighted by Crippen LogP contribution is 2.15. The van der Waals surface area contributed by atoms with Gasteiger partial charge in [0, 0.05) is 19.3 Å². The first kappa shape index (κ1) is 71.5. The number of hydrogen-bond acceptors (Lipinski definition) is 6. The molecule has 0 radical (unpaired) electrons. The Kier molecular flexibility index (Phi) is 59.4. The van der Waals surface area contributed by atoms with E-state index in [4.69, 9.17) is 14.2 Å². The van der Waals surface area contributed by atoms with Crippen LogP contribution in [-0.4, -0.2) is 37.2 Å². The van der Waals surface area contributed by atoms with Gasteiger partial charge in [0.25, 0.3) is 0 Å². The van der Waals surface area contributed by atoms with Gasteiger partial charge in [0.2, 0.25) is 0 Å². The first-order valence-corrected chi connectivity index (χ1v) is 31.2. The van der Waals surface area contributed by atoms with Crippen molar-refractivity contribution in [2.75, 3.05) is 13.2 Å². The van der Waals surface area contributed by atoms with Gasteiger partial charge in [-0.25, -0.2) is 0 Å². The summed E-state index contributed by atoms with van der Waals surface area (Å²) in [7, 11) is 0. The zero-order chi connectivity index (χ0) is 55.0. The van der Waals surface area contributed by atoms with Crippen LogP contribution in [0, 0.1) is 0 Å². The maximum Gasteiger partial charge on any atom is 0.306 e. The summed E-state index contributed by atoms with van der Waals surface area (Å²) < 4.78 is 16.9. The SMILES string of the molecule is CC/C=C\C/C=C\C/C=C\C/C=C\C/C=C\CCCCCC(=O)OC(COC(=O)CCCCCCC/C=C\C/C=C\CCCCCC)COC(=O)CCCCCCCCCCCC/C=C\C/C=C\C/C=C\C/C=C\CC. The molecule has 430 valence electrons. The van der Waals surface area contributed by atoms with Crippen LogP contribution in [0.2, 0.25) is 0 Å². The molecule has 0 spiro atoms. The van der Waals surface area contributed by atoms with Gasteiger partial charge in [-0.15, -0.1) is 0 Å². The molecule has 0 aliphatic rings. The molecule has 1 unspecified atom stereocenters. The second kappa shape index (κ2) is 63.1. The maximum atomic E-state index is 12.9. The Morgan fingerprint density at radius 3 is 0.816 bits per heavy atom. The summed E-state index contributed by atoms with van der Waals surface area (Å²) in [6, 6.07) is 0. The summed E-state index contributed by atoms with van der Waals surface area (Å²) in [5.74, 6) is -0.951. The van der Waals surface area contributed by atoms with Crippen molar-refractivity contribution in [1.82, 2.24) is 0 Å². The molecule has 0 bridgehead atoms. The molecule has 0 saturated carbocycles. The van der Waals surface area contributed by atoms with Gasteiger partial charge < -0.3 is 14.2 Å². The lowest BCUT2D eigenvalue weighted by Crippen LogP contribution is -2.30. The lowest BCUT2D eigenvalue weighted by Gasteiger charge is -2.18. The second-order valence-electron chi connectivity index (χ2n) is 20.2. The molecule has 0 fully saturated rings. The van der Waals surface area contributed by atoms with E-state index >= 15 is 0 Å². The van der Waals surface area contributed by atoms with Crippen LogP contribution in [0.1, 0.15) is 271 Å². The molecule has 0 aromatic heterocycles. The fourth-order valence-corrected chi connectivity index (χ4v) is 8.25. The van der Waals surface area contributed by atoms with Crippen LogP contribution in [0.25, 0.3) is 0 Å². The van der Waals surface area contributed by atoms with Crippen LogP contribution in [-0.2, 0) is 28.6 Å². The highest BCUT2D eigenvalue weighted by Gasteiger charge is 2.19. The van der Waals surface area contributed by atoms with Crippen LogP contribution in [0.15, 0.2) is 134 Å². The predicted molar refractivity (Wildman–Crippen MR) is 329 cm³/mol. The van der Waals surface area contributed by atoms with Crippen LogP contribution in [0.4, 0.5) is 0 Å². The molecule has 0 aliphatic heterocycles. The number of allylic oxidation sites excluding steroid dienone is 22. The van der Waals surface area contributed by atoms with E-state index in [1.807, 2.05) is 0 Å². The van der Waals surface area contributed by atoms with E-state index in [9.17, 15) is 14.4 Å². The van der Waals surface area contributed by atoms with E-state index < -0.39 is 6.10 Å². The summed E-state index contributed by atoms with van der Waals surface area (Å²) in [6.45, 7) is 6.36. The normalized spacial score (nSPS) is 13.0. The number of carbonyl (C=O) groups excluding carboxylic acids is 3. The zero-order valence-corrected chi connectivity index (χ0v) is 49.2. The summed E-state index contributed by atoms with van der Waals surface area (Å²) in [5.41, 5.74) is 0. The zero-order valence-electron chi connectivity index (χ0n) is 49.2. The monoisotopic (exact) mass is 1050 g/mol. The molecular formula is C70H114O6. The Hall–Kier alpha value is -4.45. The third kappa shape index (κ3) is 60.4. The van der Waals surface area contributed by atoms with Crippen molar-refractivity contribution in [1.29, 1.82) is 0 Å². The van der Waals surface area contributed by atoms with E-state index in [-0.39, 0.29) is 37.5 Å². The van der Waals surface area contributed by atoms with E-state index in [1.54, 1.807) is 0 Å². The lowest BCUT2D eigenvalue weighted by atomic mass is 10.1. The molecule has 0 saturated heterocycles. The van der Waals surface area contributed by atoms with E-state index in [0.717, 1.165) is 148 Å². The van der Waals surface area contributed by atoms with E-state index in [2.05, 4.69) is 154 Å². The predicted octanol–water partition coefficient (Wildman–Crippen LogP) is 21.4. The molecule has 76 heavy (non-hydrogen) atoms.